The topological polar surface area (TPSA) is 173 Å². The van der Waals surface area contributed by atoms with Crippen LogP contribution in [0.4, 0.5) is 22.0 Å². The van der Waals surface area contributed by atoms with E-state index in [1.54, 1.807) is 52.5 Å². The molecule has 2 aromatic heterocycles. The van der Waals surface area contributed by atoms with Crippen LogP contribution in [-0.2, 0) is 27.6 Å². The van der Waals surface area contributed by atoms with Crippen LogP contribution in [0.5, 0.6) is 11.6 Å². The number of carbonyl (C=O) groups is 1. The maximum atomic E-state index is 13.6. The lowest BCUT2D eigenvalue weighted by molar-refractivity contribution is -0.110. The van der Waals surface area contributed by atoms with E-state index in [1.165, 1.54) is 0 Å². The smallest absolute Gasteiger partial charge is 0.474 e. The summed E-state index contributed by atoms with van der Waals surface area (Å²) in [6.45, 7) is 18.8. The molecule has 1 saturated carbocycles. The van der Waals surface area contributed by atoms with Crippen LogP contribution >= 0.6 is 7.82 Å². The van der Waals surface area contributed by atoms with Crippen molar-refractivity contribution in [2.75, 3.05) is 48.5 Å². The van der Waals surface area contributed by atoms with Gasteiger partial charge in [0.05, 0.1) is 34.8 Å². The largest absolute Gasteiger partial charge is 0.478 e. The van der Waals surface area contributed by atoms with Crippen molar-refractivity contribution in [3.8, 4) is 22.9 Å². The van der Waals surface area contributed by atoms with E-state index < -0.39 is 24.6 Å². The zero-order chi connectivity index (χ0) is 43.7. The van der Waals surface area contributed by atoms with Gasteiger partial charge in [0.1, 0.15) is 17.5 Å². The first-order chi connectivity index (χ1) is 28.7. The van der Waals surface area contributed by atoms with Gasteiger partial charge in [-0.05, 0) is 112 Å². The van der Waals surface area contributed by atoms with E-state index >= 15 is 0 Å². The molecule has 1 unspecified atom stereocenters. The van der Waals surface area contributed by atoms with E-state index in [0.29, 0.717) is 41.8 Å². The van der Waals surface area contributed by atoms with Gasteiger partial charge in [-0.1, -0.05) is 12.1 Å². The van der Waals surface area contributed by atoms with Crippen molar-refractivity contribution in [1.82, 2.24) is 20.1 Å². The Hall–Kier alpha value is -4.21. The highest BCUT2D eigenvalue weighted by Crippen LogP contribution is 2.55. The molecule has 17 heteroatoms. The number of aromatic nitrogens is 3. The van der Waals surface area contributed by atoms with Gasteiger partial charge in [-0.2, -0.15) is 0 Å². The van der Waals surface area contributed by atoms with Crippen LogP contribution in [0.25, 0.3) is 11.3 Å². The molecule has 7 rings (SSSR count). The molecule has 1 aliphatic carbocycles. The molecule has 0 radical (unpaired) electrons. The first-order valence-corrected chi connectivity index (χ1v) is 23.0. The SMILES string of the molecule is CC(C)(C)OC(=O)N1CCC(OC2CC(Oc3cc(N4C5CC[C@@H]4CN(c4cc(-c6ccccc6OCOP(=O)(OC(C)(C)C)OC(C)(C)C)nnc4N)C5)ccn3)C2)CC1. The monoisotopic (exact) mass is 865 g/mol. The minimum atomic E-state index is -3.98. The van der Waals surface area contributed by atoms with Crippen LogP contribution in [0.2, 0.25) is 0 Å². The number of rotatable bonds is 13. The van der Waals surface area contributed by atoms with Crippen LogP contribution < -0.4 is 25.0 Å². The Morgan fingerprint density at radius 1 is 0.820 bits per heavy atom. The Balaban J connectivity index is 0.934. The minimum absolute atomic E-state index is 0.0503. The fraction of sp³-hybridized carbons (Fsp3) is 0.636. The number of carbonyl (C=O) groups excluding carboxylic acids is 1. The fourth-order valence-corrected chi connectivity index (χ4v) is 9.96. The molecule has 61 heavy (non-hydrogen) atoms. The highest BCUT2D eigenvalue weighted by atomic mass is 31.2. The second-order valence-electron chi connectivity index (χ2n) is 19.4. The van der Waals surface area contributed by atoms with Gasteiger partial charge >= 0.3 is 13.9 Å². The first-order valence-electron chi connectivity index (χ1n) is 21.5. The second-order valence-corrected chi connectivity index (χ2v) is 20.9. The number of benzene rings is 1. The number of phosphoric ester groups is 1. The molecular formula is C44H64N7O9P. The standard InChI is InChI=1S/C44H64N7O9P/c1-42(2,3)58-41(52)49-20-17-32(18-21-49)56-33-23-34(24-33)57-39-22-29(16-19-46-39)51-30-14-15-31(51)27-50(26-30)37-25-36(47-48-40(37)45)35-12-10-11-13-38(35)54-28-55-61(53,59-43(4,5)6)60-44(7,8)9/h10-13,16,19,22,25,30-34H,14-15,17-18,20-21,23-24,26-28H2,1-9H3,(H2,45,48)/t30-,31?,33?,34?/m1/s1. The third-order valence-electron chi connectivity index (χ3n) is 10.8. The lowest BCUT2D eigenvalue weighted by Gasteiger charge is -2.43. The summed E-state index contributed by atoms with van der Waals surface area (Å²) in [5.74, 6) is 1.44. The Labute approximate surface area is 360 Å². The average Bonchev–Trinajstić information content (AvgIpc) is 3.41. The summed E-state index contributed by atoms with van der Waals surface area (Å²) in [4.78, 5) is 23.6. The van der Waals surface area contributed by atoms with Crippen molar-refractivity contribution < 1.29 is 41.9 Å². The van der Waals surface area contributed by atoms with Gasteiger partial charge in [-0.25, -0.2) is 18.9 Å². The molecule has 2 atom stereocenters. The van der Waals surface area contributed by atoms with Gasteiger partial charge in [-0.3, -0.25) is 9.05 Å². The van der Waals surface area contributed by atoms with E-state index in [9.17, 15) is 9.36 Å². The number of pyridine rings is 1. The molecule has 3 aliphatic heterocycles. The molecule has 334 valence electrons. The lowest BCUT2D eigenvalue weighted by atomic mass is 9.91. The summed E-state index contributed by atoms with van der Waals surface area (Å²) in [5.41, 5.74) is 7.62. The maximum Gasteiger partial charge on any atom is 0.478 e. The zero-order valence-electron chi connectivity index (χ0n) is 37.2. The molecule has 5 heterocycles. The third-order valence-corrected chi connectivity index (χ3v) is 12.8. The van der Waals surface area contributed by atoms with E-state index in [1.807, 2.05) is 51.2 Å². The van der Waals surface area contributed by atoms with Gasteiger partial charge in [-0.15, -0.1) is 10.2 Å². The number of amides is 1. The van der Waals surface area contributed by atoms with E-state index in [4.69, 9.17) is 38.3 Å². The predicted octanol–water partition coefficient (Wildman–Crippen LogP) is 8.40. The number of nitrogen functional groups attached to an aromatic ring is 1. The number of fused-ring (bicyclic) bond motifs is 2. The van der Waals surface area contributed by atoms with Crippen LogP contribution in [0.3, 0.4) is 0 Å². The molecule has 0 spiro atoms. The normalized spacial score (nSPS) is 22.5. The number of hydrogen-bond donors (Lipinski definition) is 1. The van der Waals surface area contributed by atoms with E-state index in [-0.39, 0.29) is 43.3 Å². The van der Waals surface area contributed by atoms with Crippen molar-refractivity contribution in [1.29, 1.82) is 0 Å². The Bertz CT molecular complexity index is 2010. The number of nitrogens with zero attached hydrogens (tertiary/aromatic N) is 6. The number of nitrogens with two attached hydrogens (primary N) is 1. The Morgan fingerprint density at radius 2 is 1.48 bits per heavy atom. The van der Waals surface area contributed by atoms with Crippen molar-refractivity contribution in [2.24, 2.45) is 0 Å². The Kier molecular flexibility index (Phi) is 13.1. The summed E-state index contributed by atoms with van der Waals surface area (Å²) >= 11 is 0. The highest BCUT2D eigenvalue weighted by molar-refractivity contribution is 7.48. The summed E-state index contributed by atoms with van der Waals surface area (Å²) in [7, 11) is -3.98. The number of likely N-dealkylation sites (tertiary alicyclic amines) is 1. The van der Waals surface area contributed by atoms with Crippen molar-refractivity contribution in [3.63, 3.8) is 0 Å². The summed E-state index contributed by atoms with van der Waals surface area (Å²) in [6.07, 6.45) is 7.24. The van der Waals surface area contributed by atoms with Crippen molar-refractivity contribution >= 4 is 31.1 Å². The summed E-state index contributed by atoms with van der Waals surface area (Å²) < 4.78 is 55.0. The third kappa shape index (κ3) is 11.8. The molecule has 2 N–H and O–H groups in total. The molecule has 1 amide bonds. The van der Waals surface area contributed by atoms with Gasteiger partial charge in [0.15, 0.2) is 12.6 Å². The van der Waals surface area contributed by atoms with Gasteiger partial charge < -0.3 is 39.4 Å². The maximum absolute atomic E-state index is 13.6. The molecule has 3 saturated heterocycles. The minimum Gasteiger partial charge on any atom is -0.474 e. The first kappa shape index (κ1) is 44.8. The lowest BCUT2D eigenvalue weighted by Crippen LogP contribution is -2.54. The highest BCUT2D eigenvalue weighted by Gasteiger charge is 2.42. The molecule has 3 aromatic rings. The average molecular weight is 866 g/mol. The number of anilines is 3. The predicted molar refractivity (Wildman–Crippen MR) is 233 cm³/mol. The van der Waals surface area contributed by atoms with E-state index in [2.05, 4.69) is 37.1 Å². The number of piperazine rings is 1. The molecule has 16 nitrogen and oxygen atoms in total. The van der Waals surface area contributed by atoms with E-state index in [0.717, 1.165) is 63.0 Å². The van der Waals surface area contributed by atoms with Crippen LogP contribution in [0.1, 0.15) is 101 Å². The van der Waals surface area contributed by atoms with Crippen molar-refractivity contribution in [2.45, 2.75) is 148 Å². The second kappa shape index (κ2) is 17.9. The van der Waals surface area contributed by atoms with Crippen LogP contribution in [-0.4, -0.2) is 106 Å². The van der Waals surface area contributed by atoms with Crippen LogP contribution in [0, 0.1) is 0 Å². The Morgan fingerprint density at radius 3 is 2.11 bits per heavy atom. The summed E-state index contributed by atoms with van der Waals surface area (Å²) in [5, 5.41) is 8.83. The summed E-state index contributed by atoms with van der Waals surface area (Å²) in [6, 6.07) is 14.0. The van der Waals surface area contributed by atoms with Crippen molar-refractivity contribution in [3.05, 3.63) is 48.7 Å². The molecular weight excluding hydrogens is 801 g/mol. The quantitative estimate of drug-likeness (QED) is 0.128. The van der Waals surface area contributed by atoms with Gasteiger partial charge in [0, 0.05) is 74.6 Å². The number of ether oxygens (including phenoxy) is 4. The molecule has 1 aromatic carbocycles. The molecule has 2 bridgehead atoms. The molecule has 4 aliphatic rings. The molecule has 4 fully saturated rings. The number of para-hydroxylation sites is 1. The number of piperidine rings is 1. The number of phosphoric acid groups is 1. The van der Waals surface area contributed by atoms with Gasteiger partial charge in [0.2, 0.25) is 5.88 Å². The van der Waals surface area contributed by atoms with Crippen LogP contribution in [0.15, 0.2) is 48.7 Å². The fourth-order valence-electron chi connectivity index (χ4n) is 8.29. The zero-order valence-corrected chi connectivity index (χ0v) is 38.1. The van der Waals surface area contributed by atoms with Gasteiger partial charge in [0.25, 0.3) is 0 Å². The number of hydrogen-bond acceptors (Lipinski definition) is 15.